The van der Waals surface area contributed by atoms with Crippen LogP contribution in [-0.2, 0) is 7.05 Å². The first-order valence-corrected chi connectivity index (χ1v) is 5.37. The molecule has 1 amide bonds. The van der Waals surface area contributed by atoms with Crippen LogP contribution in [0.25, 0.3) is 0 Å². The molecule has 0 saturated heterocycles. The summed E-state index contributed by atoms with van der Waals surface area (Å²) < 4.78 is 1.62. The number of aryl methyl sites for hydroxylation is 1. The lowest BCUT2D eigenvalue weighted by Gasteiger charge is -2.08. The first-order valence-electron chi connectivity index (χ1n) is 5.37. The molecule has 0 bridgehead atoms. The van der Waals surface area contributed by atoms with Crippen LogP contribution >= 0.6 is 0 Å². The molecule has 1 aromatic heterocycles. The molecule has 0 spiro atoms. The molecule has 2 rings (SSSR count). The number of carbonyl (C=O) groups excluding carboxylic acids is 1. The summed E-state index contributed by atoms with van der Waals surface area (Å²) in [5, 5.41) is 15.9. The number of phenolic OH excluding ortho intramolecular Hbond substituents is 1. The lowest BCUT2D eigenvalue weighted by molar-refractivity contribution is 0.102. The van der Waals surface area contributed by atoms with Gasteiger partial charge in [-0.25, -0.2) is 0 Å². The summed E-state index contributed by atoms with van der Waals surface area (Å²) in [4.78, 5) is 12.0. The molecule has 2 aromatic rings. The lowest BCUT2D eigenvalue weighted by Crippen LogP contribution is -2.14. The zero-order valence-electron chi connectivity index (χ0n) is 10.1. The van der Waals surface area contributed by atoms with Gasteiger partial charge in [0.25, 0.3) is 5.91 Å². The van der Waals surface area contributed by atoms with Gasteiger partial charge in [0, 0.05) is 18.8 Å². The van der Waals surface area contributed by atoms with Crippen molar-refractivity contribution in [2.24, 2.45) is 7.05 Å². The second-order valence-corrected chi connectivity index (χ2v) is 3.99. The van der Waals surface area contributed by atoms with Crippen molar-refractivity contribution in [1.82, 2.24) is 9.78 Å². The Hall–Kier alpha value is -2.50. The van der Waals surface area contributed by atoms with Gasteiger partial charge in [-0.3, -0.25) is 9.48 Å². The van der Waals surface area contributed by atoms with Gasteiger partial charge in [-0.1, -0.05) is 0 Å². The molecular formula is C12H14N4O2. The van der Waals surface area contributed by atoms with Crippen molar-refractivity contribution in [3.8, 4) is 5.75 Å². The van der Waals surface area contributed by atoms with Gasteiger partial charge in [-0.2, -0.15) is 5.10 Å². The first-order chi connectivity index (χ1) is 8.49. The van der Waals surface area contributed by atoms with Crippen molar-refractivity contribution in [2.75, 3.05) is 11.1 Å². The fourth-order valence-corrected chi connectivity index (χ4v) is 1.58. The monoisotopic (exact) mass is 246 g/mol. The van der Waals surface area contributed by atoms with Crippen LogP contribution in [-0.4, -0.2) is 20.8 Å². The predicted octanol–water partition coefficient (Wildman–Crippen LogP) is 1.27. The summed E-state index contributed by atoms with van der Waals surface area (Å²) in [6.07, 6.45) is 1.50. The highest BCUT2D eigenvalue weighted by Gasteiger charge is 2.13. The topological polar surface area (TPSA) is 93.2 Å². The summed E-state index contributed by atoms with van der Waals surface area (Å²) in [6, 6.07) is 4.39. The molecule has 0 radical (unpaired) electrons. The number of nitrogens with zero attached hydrogens (tertiary/aromatic N) is 2. The van der Waals surface area contributed by atoms with Crippen molar-refractivity contribution in [3.05, 3.63) is 35.7 Å². The molecule has 0 atom stereocenters. The van der Waals surface area contributed by atoms with Gasteiger partial charge in [0.1, 0.15) is 5.75 Å². The summed E-state index contributed by atoms with van der Waals surface area (Å²) >= 11 is 0. The summed E-state index contributed by atoms with van der Waals surface area (Å²) in [5.74, 6) is -0.221. The third-order valence-electron chi connectivity index (χ3n) is 2.76. The Balaban J connectivity index is 2.24. The van der Waals surface area contributed by atoms with Crippen LogP contribution in [0.15, 0.2) is 24.4 Å². The lowest BCUT2D eigenvalue weighted by atomic mass is 10.2. The highest BCUT2D eigenvalue weighted by molar-refractivity contribution is 6.06. The molecule has 4 N–H and O–H groups in total. The standard InChI is InChI=1S/C12H14N4O2/c1-7-9(6-14-16(7)2)12(18)15-11-4-3-8(17)5-10(11)13/h3-6,17H,13H2,1-2H3,(H,15,18). The Morgan fingerprint density at radius 2 is 2.22 bits per heavy atom. The molecular weight excluding hydrogens is 232 g/mol. The Bertz CT molecular complexity index is 604. The molecule has 18 heavy (non-hydrogen) atoms. The number of aromatic nitrogens is 2. The van der Waals surface area contributed by atoms with Crippen LogP contribution in [0.5, 0.6) is 5.75 Å². The van der Waals surface area contributed by atoms with Gasteiger partial charge in [0.2, 0.25) is 0 Å². The number of rotatable bonds is 2. The number of nitrogens with one attached hydrogen (secondary N) is 1. The summed E-state index contributed by atoms with van der Waals surface area (Å²) in [7, 11) is 1.76. The fourth-order valence-electron chi connectivity index (χ4n) is 1.58. The van der Waals surface area contributed by atoms with Crippen LogP contribution in [0.2, 0.25) is 0 Å². The zero-order valence-corrected chi connectivity index (χ0v) is 10.1. The number of carbonyl (C=O) groups is 1. The SMILES string of the molecule is Cc1c(C(=O)Nc2ccc(O)cc2N)cnn1C. The fraction of sp³-hybridized carbons (Fsp3) is 0.167. The molecule has 6 heteroatoms. The minimum atomic E-state index is -0.280. The van der Waals surface area contributed by atoms with Gasteiger partial charge in [-0.15, -0.1) is 0 Å². The average molecular weight is 246 g/mol. The Labute approximate surface area is 104 Å². The van der Waals surface area contributed by atoms with E-state index in [2.05, 4.69) is 10.4 Å². The van der Waals surface area contributed by atoms with E-state index in [4.69, 9.17) is 5.73 Å². The van der Waals surface area contributed by atoms with Crippen molar-refractivity contribution < 1.29 is 9.90 Å². The normalized spacial score (nSPS) is 10.3. The summed E-state index contributed by atoms with van der Waals surface area (Å²) in [6.45, 7) is 1.81. The van der Waals surface area contributed by atoms with E-state index < -0.39 is 0 Å². The first kappa shape index (κ1) is 12.0. The van der Waals surface area contributed by atoms with Crippen LogP contribution in [0, 0.1) is 6.92 Å². The van der Waals surface area contributed by atoms with E-state index in [1.165, 1.54) is 18.3 Å². The number of anilines is 2. The van der Waals surface area contributed by atoms with Crippen LogP contribution < -0.4 is 11.1 Å². The van der Waals surface area contributed by atoms with Crippen molar-refractivity contribution in [1.29, 1.82) is 0 Å². The van der Waals surface area contributed by atoms with E-state index in [9.17, 15) is 9.90 Å². The van der Waals surface area contributed by atoms with Gasteiger partial charge in [0.15, 0.2) is 0 Å². The molecule has 0 aliphatic carbocycles. The molecule has 0 saturated carbocycles. The van der Waals surface area contributed by atoms with E-state index in [1.54, 1.807) is 17.8 Å². The molecule has 0 aliphatic heterocycles. The number of hydrogen-bond acceptors (Lipinski definition) is 4. The van der Waals surface area contributed by atoms with Crippen LogP contribution in [0.1, 0.15) is 16.1 Å². The van der Waals surface area contributed by atoms with E-state index in [1.807, 2.05) is 6.92 Å². The molecule has 1 aromatic carbocycles. The summed E-state index contributed by atoms with van der Waals surface area (Å²) in [5.41, 5.74) is 7.72. The smallest absolute Gasteiger partial charge is 0.259 e. The molecule has 0 fully saturated rings. The maximum atomic E-state index is 12.0. The highest BCUT2D eigenvalue weighted by atomic mass is 16.3. The minimum Gasteiger partial charge on any atom is -0.508 e. The number of aromatic hydroxyl groups is 1. The van der Waals surface area contributed by atoms with E-state index in [-0.39, 0.29) is 11.7 Å². The molecule has 0 aliphatic rings. The van der Waals surface area contributed by atoms with Gasteiger partial charge >= 0.3 is 0 Å². The van der Waals surface area contributed by atoms with Gasteiger partial charge in [0.05, 0.1) is 23.1 Å². The van der Waals surface area contributed by atoms with Crippen molar-refractivity contribution in [2.45, 2.75) is 6.92 Å². The van der Waals surface area contributed by atoms with Crippen LogP contribution in [0.4, 0.5) is 11.4 Å². The number of phenols is 1. The number of hydrogen-bond donors (Lipinski definition) is 3. The number of benzene rings is 1. The third-order valence-corrected chi connectivity index (χ3v) is 2.76. The Kier molecular flexibility index (Phi) is 2.93. The molecule has 94 valence electrons. The van der Waals surface area contributed by atoms with Crippen molar-refractivity contribution in [3.63, 3.8) is 0 Å². The predicted molar refractivity (Wildman–Crippen MR) is 68.4 cm³/mol. The maximum absolute atomic E-state index is 12.0. The number of nitrogens with two attached hydrogens (primary N) is 1. The molecule has 6 nitrogen and oxygen atoms in total. The van der Waals surface area contributed by atoms with Crippen LogP contribution in [0.3, 0.4) is 0 Å². The van der Waals surface area contributed by atoms with E-state index in [0.29, 0.717) is 16.9 Å². The maximum Gasteiger partial charge on any atom is 0.259 e. The van der Waals surface area contributed by atoms with Gasteiger partial charge in [-0.05, 0) is 19.1 Å². The zero-order chi connectivity index (χ0) is 13.3. The molecule has 1 heterocycles. The molecule has 0 unspecified atom stereocenters. The van der Waals surface area contributed by atoms with Gasteiger partial charge < -0.3 is 16.2 Å². The second-order valence-electron chi connectivity index (χ2n) is 3.99. The average Bonchev–Trinajstić information content (AvgIpc) is 2.64. The Morgan fingerprint density at radius 3 is 2.78 bits per heavy atom. The van der Waals surface area contributed by atoms with Crippen molar-refractivity contribution >= 4 is 17.3 Å². The van der Waals surface area contributed by atoms with E-state index >= 15 is 0 Å². The number of amides is 1. The Morgan fingerprint density at radius 1 is 1.50 bits per heavy atom. The third kappa shape index (κ3) is 2.13. The number of nitrogen functional groups attached to an aromatic ring is 1. The largest absolute Gasteiger partial charge is 0.508 e. The minimum absolute atomic E-state index is 0.0584. The van der Waals surface area contributed by atoms with E-state index in [0.717, 1.165) is 5.69 Å². The quantitative estimate of drug-likeness (QED) is 0.549. The highest BCUT2D eigenvalue weighted by Crippen LogP contribution is 2.24. The second kappa shape index (κ2) is 4.40.